The number of carbonyl (C=O) groups excluding carboxylic acids is 1. The molecule has 7 rings (SSSR count). The number of pyridine rings is 2. The minimum absolute atomic E-state index is 0.00327. The predicted octanol–water partition coefficient (Wildman–Crippen LogP) is 9.81. The minimum Gasteiger partial charge on any atom is -0.493 e. The van der Waals surface area contributed by atoms with E-state index in [2.05, 4.69) is 41.5 Å². The Bertz CT molecular complexity index is 2510. The number of anilines is 3. The summed E-state index contributed by atoms with van der Waals surface area (Å²) < 4.78 is 61.8. The molecule has 4 aromatic carbocycles. The van der Waals surface area contributed by atoms with Gasteiger partial charge in [-0.3, -0.25) is 15.3 Å². The van der Waals surface area contributed by atoms with E-state index in [9.17, 15) is 13.6 Å². The first-order valence-corrected chi connectivity index (χ1v) is 17.6. The number of benzene rings is 4. The molecule has 4 N–H and O–H groups in total. The number of nitrogens with one attached hydrogen (secondary N) is 2. The van der Waals surface area contributed by atoms with Crippen molar-refractivity contribution in [3.8, 4) is 46.0 Å². The first-order chi connectivity index (χ1) is 26.6. The third-order valence-electron chi connectivity index (χ3n) is 7.73. The highest BCUT2D eigenvalue weighted by Crippen LogP contribution is 2.39. The largest absolute Gasteiger partial charge is 0.493 e. The molecule has 0 bridgehead atoms. The number of hydrogen-bond acceptors (Lipinski definition) is 12. The van der Waals surface area contributed by atoms with Crippen LogP contribution in [-0.2, 0) is 0 Å². The molecule has 3 heterocycles. The molecule has 7 aromatic rings. The van der Waals surface area contributed by atoms with Crippen molar-refractivity contribution >= 4 is 71.6 Å². The van der Waals surface area contributed by atoms with Crippen LogP contribution in [0.5, 0.6) is 46.0 Å². The molecule has 0 atom stereocenters. The van der Waals surface area contributed by atoms with Gasteiger partial charge < -0.3 is 39.5 Å². The van der Waals surface area contributed by atoms with Gasteiger partial charge in [-0.25, -0.2) is 18.6 Å². The number of methoxy groups -OCH3 is 4. The van der Waals surface area contributed by atoms with Crippen LogP contribution >= 0.6 is 27.3 Å². The fraction of sp³-hybridized carbons (Fsp3) is 0.105. The molecule has 2 amide bonds. The lowest BCUT2D eigenvalue weighted by atomic mass is 10.2. The number of urea groups is 1. The highest BCUT2D eigenvalue weighted by Gasteiger charge is 2.15. The average Bonchev–Trinajstić information content (AvgIpc) is 3.60. The van der Waals surface area contributed by atoms with Gasteiger partial charge in [-0.1, -0.05) is 11.3 Å². The second-order valence-electron chi connectivity index (χ2n) is 11.1. The van der Waals surface area contributed by atoms with Gasteiger partial charge in [0, 0.05) is 47.4 Å². The van der Waals surface area contributed by atoms with E-state index >= 15 is 0 Å². The molecule has 0 saturated heterocycles. The van der Waals surface area contributed by atoms with Gasteiger partial charge in [0.1, 0.15) is 34.6 Å². The van der Waals surface area contributed by atoms with Crippen LogP contribution in [-0.4, -0.2) is 49.4 Å². The van der Waals surface area contributed by atoms with Crippen molar-refractivity contribution in [3.63, 3.8) is 0 Å². The smallest absolute Gasteiger partial charge is 0.325 e. The molecule has 0 saturated carbocycles. The van der Waals surface area contributed by atoms with Gasteiger partial charge in [-0.15, -0.1) is 0 Å². The molecule has 0 aliphatic heterocycles. The summed E-state index contributed by atoms with van der Waals surface area (Å²) in [6, 6.07) is 18.2. The number of halogens is 3. The first kappa shape index (κ1) is 38.3. The standard InChI is InChI=1S/C21H16BrFN4O4S.C17H15FN2O3/c1-29-17-8-12-15(9-18(17)30-2)24-6-5-16(12)31-11-3-4-14(13(23)7-11)26-20(28)27-21-25-10-19(22)32-21;1-21-16-8-11-14(9-17(16)22-2)20-6-5-15(11)23-10-3-4-13(19)12(18)7-10/h3-10H,1-2H3,(H2,25,26,27,28);3-9H,19H2,1-2H3. The summed E-state index contributed by atoms with van der Waals surface area (Å²) in [5.41, 5.74) is 6.85. The molecule has 0 fully saturated rings. The number of nitrogens with zero attached hydrogens (tertiary/aromatic N) is 3. The van der Waals surface area contributed by atoms with E-state index in [0.29, 0.717) is 61.8 Å². The number of ether oxygens (including phenoxy) is 6. The van der Waals surface area contributed by atoms with Crippen molar-refractivity contribution in [2.24, 2.45) is 0 Å². The maximum Gasteiger partial charge on any atom is 0.325 e. The van der Waals surface area contributed by atoms with Crippen molar-refractivity contribution in [3.05, 3.63) is 107 Å². The number of fused-ring (bicyclic) bond motifs is 2. The number of nitrogen functional groups attached to an aromatic ring is 1. The monoisotopic (exact) mass is 832 g/mol. The first-order valence-electron chi connectivity index (χ1n) is 16.0. The normalized spacial score (nSPS) is 10.6. The predicted molar refractivity (Wildman–Crippen MR) is 210 cm³/mol. The molecule has 0 spiro atoms. The third kappa shape index (κ3) is 9.02. The lowest BCUT2D eigenvalue weighted by Gasteiger charge is -2.13. The molecule has 13 nitrogen and oxygen atoms in total. The molecule has 3 aromatic heterocycles. The molecule has 0 aliphatic carbocycles. The van der Waals surface area contributed by atoms with E-state index < -0.39 is 17.7 Å². The minimum atomic E-state index is -0.657. The molecular formula is C38H31BrF2N6O7S. The van der Waals surface area contributed by atoms with Crippen molar-refractivity contribution in [1.82, 2.24) is 15.0 Å². The van der Waals surface area contributed by atoms with Gasteiger partial charge in [0.05, 0.1) is 60.8 Å². The molecule has 17 heteroatoms. The topological polar surface area (TPSA) is 161 Å². The van der Waals surface area contributed by atoms with Crippen molar-refractivity contribution in [2.75, 3.05) is 44.8 Å². The maximum atomic E-state index is 14.6. The van der Waals surface area contributed by atoms with Gasteiger partial charge in [-0.2, -0.15) is 0 Å². The summed E-state index contributed by atoms with van der Waals surface area (Å²) in [5, 5.41) is 6.75. The van der Waals surface area contributed by atoms with E-state index in [1.807, 2.05) is 0 Å². The lowest BCUT2D eigenvalue weighted by molar-refractivity contribution is 0.262. The molecule has 0 unspecified atom stereocenters. The van der Waals surface area contributed by atoms with Crippen LogP contribution in [0.2, 0.25) is 0 Å². The number of nitrogens with two attached hydrogens (primary N) is 1. The lowest BCUT2D eigenvalue weighted by Crippen LogP contribution is -2.19. The van der Waals surface area contributed by atoms with Crippen molar-refractivity contribution < 1.29 is 42.0 Å². The van der Waals surface area contributed by atoms with Crippen LogP contribution < -0.4 is 44.8 Å². The summed E-state index contributed by atoms with van der Waals surface area (Å²) >= 11 is 4.50. The Balaban J connectivity index is 0.000000197. The Morgan fingerprint density at radius 2 is 1.16 bits per heavy atom. The summed E-state index contributed by atoms with van der Waals surface area (Å²) in [7, 11) is 6.18. The van der Waals surface area contributed by atoms with Crippen LogP contribution in [0.1, 0.15) is 0 Å². The zero-order chi connectivity index (χ0) is 39.1. The van der Waals surface area contributed by atoms with Gasteiger partial charge in [0.15, 0.2) is 28.1 Å². The Labute approximate surface area is 325 Å². The van der Waals surface area contributed by atoms with Gasteiger partial charge in [-0.05, 0) is 64.5 Å². The zero-order valence-electron chi connectivity index (χ0n) is 29.5. The summed E-state index contributed by atoms with van der Waals surface area (Å²) in [6.07, 6.45) is 4.75. The summed E-state index contributed by atoms with van der Waals surface area (Å²) in [5.74, 6) is 2.58. The quantitative estimate of drug-likeness (QED) is 0.113. The van der Waals surface area contributed by atoms with E-state index in [1.165, 1.54) is 42.7 Å². The maximum absolute atomic E-state index is 14.6. The number of amides is 2. The number of aromatic nitrogens is 3. The van der Waals surface area contributed by atoms with Crippen LogP contribution in [0.25, 0.3) is 21.8 Å². The Morgan fingerprint density at radius 3 is 1.64 bits per heavy atom. The molecular weight excluding hydrogens is 802 g/mol. The molecule has 0 aliphatic rings. The summed E-state index contributed by atoms with van der Waals surface area (Å²) in [6.45, 7) is 0. The number of thiazole rings is 1. The van der Waals surface area contributed by atoms with Crippen LogP contribution in [0.4, 0.5) is 30.1 Å². The molecule has 282 valence electrons. The van der Waals surface area contributed by atoms with E-state index in [0.717, 1.165) is 9.17 Å². The Kier molecular flexibility index (Phi) is 11.9. The SMILES string of the molecule is COc1cc2nccc(Oc3ccc(N)c(F)c3)c2cc1OC.COc1cc2nccc(Oc3ccc(NC(=O)Nc4ncc(Br)s4)c(F)c3)c2cc1OC. The van der Waals surface area contributed by atoms with E-state index in [-0.39, 0.29) is 17.1 Å². The van der Waals surface area contributed by atoms with Crippen LogP contribution in [0.3, 0.4) is 0 Å². The Hall–Kier alpha value is -6.46. The van der Waals surface area contributed by atoms with Gasteiger partial charge >= 0.3 is 6.03 Å². The van der Waals surface area contributed by atoms with E-state index in [1.54, 1.807) is 88.5 Å². The fourth-order valence-corrected chi connectivity index (χ4v) is 6.22. The van der Waals surface area contributed by atoms with Crippen molar-refractivity contribution in [2.45, 2.75) is 0 Å². The van der Waals surface area contributed by atoms with Crippen LogP contribution in [0, 0.1) is 11.6 Å². The second-order valence-corrected chi connectivity index (χ2v) is 13.6. The average molecular weight is 834 g/mol. The number of carbonyl (C=O) groups is 1. The van der Waals surface area contributed by atoms with Crippen LogP contribution in [0.15, 0.2) is 95.2 Å². The highest BCUT2D eigenvalue weighted by molar-refractivity contribution is 9.11. The van der Waals surface area contributed by atoms with Gasteiger partial charge in [0.2, 0.25) is 0 Å². The fourth-order valence-electron chi connectivity index (χ4n) is 5.12. The molecule has 55 heavy (non-hydrogen) atoms. The number of hydrogen-bond donors (Lipinski definition) is 3. The third-order valence-corrected chi connectivity index (χ3v) is 9.12. The van der Waals surface area contributed by atoms with E-state index in [4.69, 9.17) is 34.2 Å². The second kappa shape index (κ2) is 17.1. The van der Waals surface area contributed by atoms with Crippen molar-refractivity contribution in [1.29, 1.82) is 0 Å². The summed E-state index contributed by atoms with van der Waals surface area (Å²) in [4.78, 5) is 24.7. The zero-order valence-corrected chi connectivity index (χ0v) is 31.9. The number of rotatable bonds is 10. The molecule has 0 radical (unpaired) electrons. The highest BCUT2D eigenvalue weighted by atomic mass is 79.9. The van der Waals surface area contributed by atoms with Gasteiger partial charge in [0.25, 0.3) is 0 Å². The Morgan fingerprint density at radius 1 is 0.655 bits per heavy atom.